The highest BCUT2D eigenvalue weighted by Crippen LogP contribution is 2.22. The highest BCUT2D eigenvalue weighted by molar-refractivity contribution is 7.09. The molecule has 0 unspecified atom stereocenters. The molecule has 3 N–H and O–H groups in total. The zero-order chi connectivity index (χ0) is 18.5. The minimum absolute atomic E-state index is 0.0404. The molecule has 0 aromatic carbocycles. The zero-order valence-electron chi connectivity index (χ0n) is 14.5. The van der Waals surface area contributed by atoms with E-state index in [0.29, 0.717) is 31.8 Å². The fraction of sp³-hybridized carbons (Fsp3) is 0.471. The number of carbonyl (C=O) groups is 2. The lowest BCUT2D eigenvalue weighted by atomic mass is 10.1. The zero-order valence-corrected chi connectivity index (χ0v) is 15.3. The number of carbonyl (C=O) groups excluding carboxylic acids is 2. The fourth-order valence-corrected chi connectivity index (χ4v) is 3.73. The number of rotatable bonds is 7. The molecule has 0 saturated carbocycles. The summed E-state index contributed by atoms with van der Waals surface area (Å²) in [5.41, 5.74) is 0. The smallest absolute Gasteiger partial charge is 0.287 e. The van der Waals surface area contributed by atoms with Gasteiger partial charge in [0.2, 0.25) is 5.91 Å². The molecule has 0 bridgehead atoms. The average molecular weight is 378 g/mol. The number of likely N-dealkylation sites (N-methyl/N-ethyl adjacent to an activating group) is 1. The van der Waals surface area contributed by atoms with Crippen LogP contribution < -0.4 is 10.6 Å². The average Bonchev–Trinajstić information content (AvgIpc) is 3.35. The van der Waals surface area contributed by atoms with Crippen LogP contribution in [0.2, 0.25) is 0 Å². The van der Waals surface area contributed by atoms with Gasteiger partial charge in [0.25, 0.3) is 5.91 Å². The van der Waals surface area contributed by atoms with E-state index in [2.05, 4.69) is 15.6 Å². The Bertz CT molecular complexity index is 746. The normalized spacial score (nSPS) is 20.2. The van der Waals surface area contributed by atoms with Crippen LogP contribution in [0.5, 0.6) is 0 Å². The van der Waals surface area contributed by atoms with Gasteiger partial charge in [-0.25, -0.2) is 4.98 Å². The van der Waals surface area contributed by atoms with Gasteiger partial charge in [0, 0.05) is 30.7 Å². The number of likely N-dealkylation sites (tertiary alicyclic amines) is 1. The Morgan fingerprint density at radius 3 is 2.96 bits per heavy atom. The Balaban J connectivity index is 1.66. The van der Waals surface area contributed by atoms with E-state index in [1.165, 1.54) is 6.07 Å². The lowest BCUT2D eigenvalue weighted by Gasteiger charge is -2.21. The van der Waals surface area contributed by atoms with Gasteiger partial charge in [0.1, 0.15) is 17.4 Å². The van der Waals surface area contributed by atoms with Crippen LogP contribution in [0.25, 0.3) is 0 Å². The molecule has 2 amide bonds. The van der Waals surface area contributed by atoms with E-state index in [0.717, 1.165) is 5.01 Å². The molecule has 3 heterocycles. The maximum Gasteiger partial charge on any atom is 0.287 e. The van der Waals surface area contributed by atoms with E-state index in [1.54, 1.807) is 23.6 Å². The number of aromatic nitrogens is 1. The second-order valence-corrected chi connectivity index (χ2v) is 7.07. The summed E-state index contributed by atoms with van der Waals surface area (Å²) < 4.78 is 5.27. The maximum absolute atomic E-state index is 12.4. The Hall–Kier alpha value is -2.23. The molecule has 8 nitrogen and oxygen atoms in total. The van der Waals surface area contributed by atoms with Crippen molar-refractivity contribution in [2.24, 2.45) is 0 Å². The van der Waals surface area contributed by atoms with E-state index < -0.39 is 0 Å². The number of hydrogen-bond donors (Lipinski definition) is 3. The van der Waals surface area contributed by atoms with Crippen LogP contribution in [0, 0.1) is 0 Å². The molecule has 0 radical (unpaired) electrons. The topological polar surface area (TPSA) is 108 Å². The molecule has 2 aromatic rings. The summed E-state index contributed by atoms with van der Waals surface area (Å²) in [6.45, 7) is 3.32. The van der Waals surface area contributed by atoms with Crippen LogP contribution in [0.1, 0.15) is 34.7 Å². The molecule has 1 aliphatic rings. The number of nitrogens with zero attached hydrogens (tertiary/aromatic N) is 2. The molecule has 0 spiro atoms. The van der Waals surface area contributed by atoms with Crippen molar-refractivity contribution < 1.29 is 19.1 Å². The minimum Gasteiger partial charge on any atom is -0.453 e. The number of aliphatic hydroxyl groups is 1. The summed E-state index contributed by atoms with van der Waals surface area (Å²) >= 11 is 1.54. The van der Waals surface area contributed by atoms with Crippen LogP contribution in [0.3, 0.4) is 0 Å². The van der Waals surface area contributed by atoms with Gasteiger partial charge < -0.3 is 20.2 Å². The van der Waals surface area contributed by atoms with Crippen molar-refractivity contribution in [3.8, 4) is 0 Å². The maximum atomic E-state index is 12.4. The molecule has 1 aliphatic heterocycles. The summed E-state index contributed by atoms with van der Waals surface area (Å²) in [4.78, 5) is 31.1. The number of nitrogens with one attached hydrogen (secondary N) is 2. The first-order chi connectivity index (χ1) is 12.6. The monoisotopic (exact) mass is 378 g/mol. The molecule has 2 atom stereocenters. The Morgan fingerprint density at radius 1 is 1.46 bits per heavy atom. The van der Waals surface area contributed by atoms with Gasteiger partial charge in [-0.1, -0.05) is 0 Å². The molecule has 140 valence electrons. The van der Waals surface area contributed by atoms with E-state index in [-0.39, 0.29) is 36.3 Å². The van der Waals surface area contributed by atoms with Crippen LogP contribution in [-0.2, 0) is 17.9 Å². The summed E-state index contributed by atoms with van der Waals surface area (Å²) in [6.07, 6.45) is 2.27. The van der Waals surface area contributed by atoms with Crippen LogP contribution in [-0.4, -0.2) is 52.0 Å². The second-order valence-electron chi connectivity index (χ2n) is 6.10. The molecule has 3 rings (SSSR count). The first-order valence-corrected chi connectivity index (χ1v) is 9.39. The molecule has 9 heteroatoms. The third-order valence-corrected chi connectivity index (χ3v) is 5.02. The number of furan rings is 1. The van der Waals surface area contributed by atoms with Gasteiger partial charge in [0.05, 0.1) is 12.6 Å². The number of thiazole rings is 1. The minimum atomic E-state index is -0.347. The number of aliphatic hydroxyl groups excluding tert-OH is 1. The lowest BCUT2D eigenvalue weighted by Crippen LogP contribution is -2.42. The van der Waals surface area contributed by atoms with Crippen LogP contribution in [0.4, 0.5) is 0 Å². The first kappa shape index (κ1) is 18.6. The SMILES string of the molecule is CCNC(=O)[C@@H]1C[C@H](NC(=O)c2ccc(CO)o2)CN1Cc1nccs1. The van der Waals surface area contributed by atoms with Gasteiger partial charge in [-0.15, -0.1) is 11.3 Å². The molecule has 26 heavy (non-hydrogen) atoms. The summed E-state index contributed by atoms with van der Waals surface area (Å²) in [5.74, 6) is 0.107. The first-order valence-electron chi connectivity index (χ1n) is 8.51. The van der Waals surface area contributed by atoms with E-state index in [1.807, 2.05) is 17.2 Å². The van der Waals surface area contributed by atoms with Gasteiger partial charge in [0.15, 0.2) is 5.76 Å². The van der Waals surface area contributed by atoms with E-state index in [9.17, 15) is 9.59 Å². The van der Waals surface area contributed by atoms with E-state index >= 15 is 0 Å². The summed E-state index contributed by atoms with van der Waals surface area (Å²) in [5, 5.41) is 17.7. The van der Waals surface area contributed by atoms with Crippen molar-refractivity contribution in [1.82, 2.24) is 20.5 Å². The highest BCUT2D eigenvalue weighted by Gasteiger charge is 2.37. The third kappa shape index (κ3) is 4.29. The molecule has 1 fully saturated rings. The van der Waals surface area contributed by atoms with Gasteiger partial charge in [-0.3, -0.25) is 14.5 Å². The lowest BCUT2D eigenvalue weighted by molar-refractivity contribution is -0.125. The third-order valence-electron chi connectivity index (χ3n) is 4.26. The Kier molecular flexibility index (Phi) is 6.02. The standard InChI is InChI=1S/C17H22N4O4S/c1-2-18-16(23)13-7-11(8-21(13)9-15-19-5-6-26-15)20-17(24)14-4-3-12(10-22)25-14/h3-6,11,13,22H,2,7-10H2,1H3,(H,18,23)(H,20,24)/t11-,13-/m0/s1. The molecular weight excluding hydrogens is 356 g/mol. The predicted octanol–water partition coefficient (Wildman–Crippen LogP) is 0.737. The largest absolute Gasteiger partial charge is 0.453 e. The van der Waals surface area contributed by atoms with Crippen molar-refractivity contribution >= 4 is 23.2 Å². The van der Waals surface area contributed by atoms with Crippen molar-refractivity contribution in [2.75, 3.05) is 13.1 Å². The molecule has 1 saturated heterocycles. The van der Waals surface area contributed by atoms with Crippen molar-refractivity contribution in [3.63, 3.8) is 0 Å². The molecular formula is C17H22N4O4S. The van der Waals surface area contributed by atoms with Gasteiger partial charge in [-0.05, 0) is 25.5 Å². The summed E-state index contributed by atoms with van der Waals surface area (Å²) in [7, 11) is 0. The van der Waals surface area contributed by atoms with Gasteiger partial charge >= 0.3 is 0 Å². The quantitative estimate of drug-likeness (QED) is 0.656. The summed E-state index contributed by atoms with van der Waals surface area (Å²) in [6, 6.07) is 2.62. The van der Waals surface area contributed by atoms with Gasteiger partial charge in [-0.2, -0.15) is 0 Å². The second kappa shape index (κ2) is 8.43. The van der Waals surface area contributed by atoms with Crippen LogP contribution >= 0.6 is 11.3 Å². The van der Waals surface area contributed by atoms with Crippen LogP contribution in [0.15, 0.2) is 28.1 Å². The van der Waals surface area contributed by atoms with Crippen molar-refractivity contribution in [2.45, 2.75) is 38.6 Å². The predicted molar refractivity (Wildman–Crippen MR) is 95.5 cm³/mol. The van der Waals surface area contributed by atoms with Crippen molar-refractivity contribution in [3.05, 3.63) is 40.2 Å². The Labute approximate surface area is 155 Å². The Morgan fingerprint density at radius 2 is 2.31 bits per heavy atom. The molecule has 0 aliphatic carbocycles. The fourth-order valence-electron chi connectivity index (χ4n) is 3.09. The number of hydrogen-bond acceptors (Lipinski definition) is 7. The number of amides is 2. The highest BCUT2D eigenvalue weighted by atomic mass is 32.1. The molecule has 2 aromatic heterocycles. The van der Waals surface area contributed by atoms with E-state index in [4.69, 9.17) is 9.52 Å². The van der Waals surface area contributed by atoms with Crippen molar-refractivity contribution in [1.29, 1.82) is 0 Å².